The molecule has 0 fully saturated rings. The van der Waals surface area contributed by atoms with Crippen LogP contribution in [0.4, 0.5) is 13.2 Å². The van der Waals surface area contributed by atoms with E-state index < -0.39 is 24.5 Å². The summed E-state index contributed by atoms with van der Waals surface area (Å²) in [4.78, 5) is 17.3. The summed E-state index contributed by atoms with van der Waals surface area (Å²) in [5, 5.41) is 3.77. The van der Waals surface area contributed by atoms with Crippen LogP contribution in [0.1, 0.15) is 17.3 Å². The van der Waals surface area contributed by atoms with E-state index in [1.807, 2.05) is 0 Å². The smallest absolute Gasteiger partial charge is 0.361 e. The number of aromatic nitrogens is 3. The molecule has 0 aliphatic rings. The molecule has 0 saturated carbocycles. The first kappa shape index (κ1) is 17.0. The highest BCUT2D eigenvalue weighted by Crippen LogP contribution is 2.31. The van der Waals surface area contributed by atoms with Gasteiger partial charge in [0.25, 0.3) is 0 Å². The normalized spacial score (nSPS) is 11.9. The number of benzene rings is 1. The fourth-order valence-corrected chi connectivity index (χ4v) is 2.53. The fraction of sp³-hybridized carbons (Fsp3) is 0.312. The van der Waals surface area contributed by atoms with Crippen LogP contribution in [-0.2, 0) is 24.1 Å². The molecule has 0 saturated heterocycles. The highest BCUT2D eigenvalue weighted by molar-refractivity contribution is 5.81. The number of nitrogens with zero attached hydrogens (tertiary/aromatic N) is 4. The van der Waals surface area contributed by atoms with Gasteiger partial charge in [0, 0.05) is 13.1 Å². The Kier molecular flexibility index (Phi) is 4.23. The maximum Gasteiger partial charge on any atom is 0.449 e. The summed E-state index contributed by atoms with van der Waals surface area (Å²) in [5.74, 6) is -0.988. The molecule has 3 rings (SSSR count). The van der Waals surface area contributed by atoms with Gasteiger partial charge < -0.3 is 14.0 Å². The van der Waals surface area contributed by atoms with Crippen molar-refractivity contribution in [1.82, 2.24) is 19.6 Å². The number of fused-ring (bicyclic) bond motifs is 1. The standard InChI is InChI=1S/C16H15F3N4O2/c1-10-7-11(21-25-10)8-22(2)14(24)9-23-13-6-4-3-5-12(13)20-15(23)16(17,18)19/h3-7H,8-9H2,1-2H3. The largest absolute Gasteiger partial charge is 0.449 e. The summed E-state index contributed by atoms with van der Waals surface area (Å²) in [5.41, 5.74) is 0.978. The number of rotatable bonds is 4. The Morgan fingerprint density at radius 1 is 1.32 bits per heavy atom. The fourth-order valence-electron chi connectivity index (χ4n) is 2.53. The van der Waals surface area contributed by atoms with Crippen LogP contribution in [0, 0.1) is 6.92 Å². The Morgan fingerprint density at radius 3 is 2.68 bits per heavy atom. The second kappa shape index (κ2) is 6.23. The quantitative estimate of drug-likeness (QED) is 0.724. The second-order valence-electron chi connectivity index (χ2n) is 5.69. The number of para-hydroxylation sites is 2. The topological polar surface area (TPSA) is 64.2 Å². The third kappa shape index (κ3) is 3.49. The minimum Gasteiger partial charge on any atom is -0.361 e. The molecule has 0 atom stereocenters. The summed E-state index contributed by atoms with van der Waals surface area (Å²) in [6, 6.07) is 7.85. The first-order valence-corrected chi connectivity index (χ1v) is 7.44. The van der Waals surface area contributed by atoms with Gasteiger partial charge in [0.2, 0.25) is 11.7 Å². The van der Waals surface area contributed by atoms with Crippen LogP contribution >= 0.6 is 0 Å². The van der Waals surface area contributed by atoms with Gasteiger partial charge in [0.1, 0.15) is 18.0 Å². The Labute approximate surface area is 140 Å². The van der Waals surface area contributed by atoms with E-state index >= 15 is 0 Å². The van der Waals surface area contributed by atoms with Crippen molar-refractivity contribution >= 4 is 16.9 Å². The van der Waals surface area contributed by atoms with Crippen molar-refractivity contribution in [3.05, 3.63) is 47.6 Å². The van der Waals surface area contributed by atoms with Crippen molar-refractivity contribution in [2.75, 3.05) is 7.05 Å². The van der Waals surface area contributed by atoms with Crippen molar-refractivity contribution in [1.29, 1.82) is 0 Å². The predicted molar refractivity (Wildman–Crippen MR) is 82.4 cm³/mol. The van der Waals surface area contributed by atoms with E-state index in [9.17, 15) is 18.0 Å². The number of amides is 1. The molecular formula is C16H15F3N4O2. The lowest BCUT2D eigenvalue weighted by Crippen LogP contribution is -2.31. The average molecular weight is 352 g/mol. The SMILES string of the molecule is Cc1cc(CN(C)C(=O)Cn2c(C(F)(F)F)nc3ccccc32)no1. The van der Waals surface area contributed by atoms with Crippen LogP contribution in [0.25, 0.3) is 11.0 Å². The van der Waals surface area contributed by atoms with Gasteiger partial charge >= 0.3 is 6.18 Å². The first-order chi connectivity index (χ1) is 11.8. The van der Waals surface area contributed by atoms with Crippen molar-refractivity contribution in [3.63, 3.8) is 0 Å². The highest BCUT2D eigenvalue weighted by Gasteiger charge is 2.38. The average Bonchev–Trinajstić information content (AvgIpc) is 3.11. The number of likely N-dealkylation sites (N-methyl/N-ethyl adjacent to an activating group) is 1. The molecule has 1 aromatic carbocycles. The molecule has 0 spiro atoms. The molecule has 3 aromatic rings. The lowest BCUT2D eigenvalue weighted by molar-refractivity contribution is -0.148. The van der Waals surface area contributed by atoms with Crippen LogP contribution in [-0.4, -0.2) is 32.6 Å². The van der Waals surface area contributed by atoms with Crippen molar-refractivity contribution < 1.29 is 22.5 Å². The highest BCUT2D eigenvalue weighted by atomic mass is 19.4. The molecule has 25 heavy (non-hydrogen) atoms. The number of hydrogen-bond acceptors (Lipinski definition) is 4. The molecule has 1 amide bonds. The summed E-state index contributed by atoms with van der Waals surface area (Å²) < 4.78 is 45.6. The van der Waals surface area contributed by atoms with E-state index in [0.29, 0.717) is 11.5 Å². The number of aryl methyl sites for hydroxylation is 1. The Bertz CT molecular complexity index is 914. The van der Waals surface area contributed by atoms with Crippen LogP contribution in [0.15, 0.2) is 34.9 Å². The van der Waals surface area contributed by atoms with Gasteiger partial charge in [0.05, 0.1) is 17.6 Å². The third-order valence-electron chi connectivity index (χ3n) is 3.70. The molecule has 0 unspecified atom stereocenters. The van der Waals surface area contributed by atoms with E-state index in [0.717, 1.165) is 4.57 Å². The van der Waals surface area contributed by atoms with Crippen LogP contribution in [0.3, 0.4) is 0 Å². The van der Waals surface area contributed by atoms with Gasteiger partial charge in [0.15, 0.2) is 0 Å². The van der Waals surface area contributed by atoms with Gasteiger partial charge in [-0.25, -0.2) is 4.98 Å². The number of hydrogen-bond donors (Lipinski definition) is 0. The maximum atomic E-state index is 13.3. The summed E-state index contributed by atoms with van der Waals surface area (Å²) in [7, 11) is 1.50. The van der Waals surface area contributed by atoms with E-state index in [2.05, 4.69) is 10.1 Å². The van der Waals surface area contributed by atoms with Crippen LogP contribution in [0.5, 0.6) is 0 Å². The lowest BCUT2D eigenvalue weighted by Gasteiger charge is -2.18. The monoisotopic (exact) mass is 352 g/mol. The zero-order chi connectivity index (χ0) is 18.2. The summed E-state index contributed by atoms with van der Waals surface area (Å²) in [6.07, 6.45) is -4.65. The summed E-state index contributed by atoms with van der Waals surface area (Å²) >= 11 is 0. The maximum absolute atomic E-state index is 13.3. The first-order valence-electron chi connectivity index (χ1n) is 7.44. The third-order valence-corrected chi connectivity index (χ3v) is 3.70. The van der Waals surface area contributed by atoms with E-state index in [1.165, 1.54) is 24.1 Å². The van der Waals surface area contributed by atoms with E-state index in [-0.39, 0.29) is 17.6 Å². The molecule has 2 heterocycles. The van der Waals surface area contributed by atoms with Gasteiger partial charge in [-0.05, 0) is 19.1 Å². The number of imidazole rings is 1. The number of carbonyl (C=O) groups is 1. The number of carbonyl (C=O) groups excluding carboxylic acids is 1. The number of alkyl halides is 3. The van der Waals surface area contributed by atoms with Gasteiger partial charge in [-0.1, -0.05) is 17.3 Å². The van der Waals surface area contributed by atoms with Crippen molar-refractivity contribution in [3.8, 4) is 0 Å². The van der Waals surface area contributed by atoms with Gasteiger partial charge in [-0.15, -0.1) is 0 Å². The molecule has 132 valence electrons. The lowest BCUT2D eigenvalue weighted by atomic mass is 10.3. The van der Waals surface area contributed by atoms with Crippen molar-refractivity contribution in [2.24, 2.45) is 0 Å². The molecule has 9 heteroatoms. The van der Waals surface area contributed by atoms with Crippen LogP contribution in [0.2, 0.25) is 0 Å². The van der Waals surface area contributed by atoms with Gasteiger partial charge in [-0.3, -0.25) is 4.79 Å². The van der Waals surface area contributed by atoms with E-state index in [4.69, 9.17) is 4.52 Å². The zero-order valence-corrected chi connectivity index (χ0v) is 13.5. The van der Waals surface area contributed by atoms with Crippen LogP contribution < -0.4 is 0 Å². The molecule has 0 aliphatic carbocycles. The Balaban J connectivity index is 1.87. The number of halogens is 3. The molecule has 2 aromatic heterocycles. The molecule has 6 nitrogen and oxygen atoms in total. The molecule has 0 radical (unpaired) electrons. The minimum absolute atomic E-state index is 0.143. The molecule has 0 aliphatic heterocycles. The minimum atomic E-state index is -4.65. The Morgan fingerprint density at radius 2 is 2.04 bits per heavy atom. The Hall–Kier alpha value is -2.84. The zero-order valence-electron chi connectivity index (χ0n) is 13.5. The second-order valence-corrected chi connectivity index (χ2v) is 5.69. The van der Waals surface area contributed by atoms with Crippen molar-refractivity contribution in [2.45, 2.75) is 26.2 Å². The molecule has 0 N–H and O–H groups in total. The van der Waals surface area contributed by atoms with Gasteiger partial charge in [-0.2, -0.15) is 13.2 Å². The predicted octanol–water partition coefficient (Wildman–Crippen LogP) is 3.01. The van der Waals surface area contributed by atoms with E-state index in [1.54, 1.807) is 25.1 Å². The summed E-state index contributed by atoms with van der Waals surface area (Å²) in [6.45, 7) is 1.39. The molecular weight excluding hydrogens is 337 g/mol. The molecule has 0 bridgehead atoms.